The lowest BCUT2D eigenvalue weighted by Crippen LogP contribution is -2.36. The van der Waals surface area contributed by atoms with Gasteiger partial charge in [-0.05, 0) is 43.9 Å². The van der Waals surface area contributed by atoms with Gasteiger partial charge >= 0.3 is 5.97 Å². The van der Waals surface area contributed by atoms with E-state index in [2.05, 4.69) is 9.88 Å². The number of rotatable bonds is 4. The van der Waals surface area contributed by atoms with Crippen molar-refractivity contribution in [1.29, 1.82) is 0 Å². The number of anilines is 1. The van der Waals surface area contributed by atoms with Gasteiger partial charge in [0.2, 0.25) is 0 Å². The third-order valence-electron chi connectivity index (χ3n) is 6.16. The second kappa shape index (κ2) is 7.15. The number of aromatic carboxylic acids is 1. The molecule has 1 aliphatic carbocycles. The number of hydrogen-bond acceptors (Lipinski definition) is 5. The molecule has 29 heavy (non-hydrogen) atoms. The summed E-state index contributed by atoms with van der Waals surface area (Å²) in [5.41, 5.74) is 3.39. The maximum atomic E-state index is 11.8. The van der Waals surface area contributed by atoms with Crippen molar-refractivity contribution in [1.82, 2.24) is 14.8 Å². The lowest BCUT2D eigenvalue weighted by Gasteiger charge is -2.32. The first-order valence-electron chi connectivity index (χ1n) is 10.3. The van der Waals surface area contributed by atoms with Crippen molar-refractivity contribution in [3.8, 4) is 5.69 Å². The third kappa shape index (κ3) is 3.15. The Labute approximate surface area is 168 Å². The summed E-state index contributed by atoms with van der Waals surface area (Å²) in [4.78, 5) is 18.5. The monoisotopic (exact) mass is 392 g/mol. The normalized spacial score (nSPS) is 18.2. The molecule has 0 atom stereocenters. The van der Waals surface area contributed by atoms with Gasteiger partial charge in [0, 0.05) is 19.0 Å². The Balaban J connectivity index is 1.76. The van der Waals surface area contributed by atoms with Crippen LogP contribution in [0.25, 0.3) is 16.7 Å². The molecule has 3 aromatic rings. The zero-order valence-corrected chi connectivity index (χ0v) is 16.2. The summed E-state index contributed by atoms with van der Waals surface area (Å²) in [6, 6.07) is 11.4. The molecule has 1 saturated heterocycles. The van der Waals surface area contributed by atoms with E-state index in [1.54, 1.807) is 10.7 Å². The second-order valence-corrected chi connectivity index (χ2v) is 8.01. The third-order valence-corrected chi connectivity index (χ3v) is 6.16. The number of aromatic nitrogens is 3. The molecule has 1 aromatic carbocycles. The standard InChI is InChI=1S/C22H24N4O3/c27-16-9-11-25(12-10-16)18-13-17(22(28)29)23-21-19(18)20(14-5-4-6-14)24-26(21)15-7-2-1-3-8-15/h1-3,7-8,13-14,16,27H,4-6,9-12H2,(H,28,29). The molecule has 1 saturated carbocycles. The number of carboxylic acid groups (broad SMARTS) is 1. The van der Waals surface area contributed by atoms with Crippen molar-refractivity contribution in [3.05, 3.63) is 47.8 Å². The molecule has 0 unspecified atom stereocenters. The van der Waals surface area contributed by atoms with Crippen LogP contribution < -0.4 is 4.90 Å². The van der Waals surface area contributed by atoms with Crippen LogP contribution in [0.15, 0.2) is 36.4 Å². The van der Waals surface area contributed by atoms with E-state index in [0.29, 0.717) is 37.5 Å². The number of aliphatic hydroxyl groups is 1. The van der Waals surface area contributed by atoms with Crippen LogP contribution in [0.3, 0.4) is 0 Å². The quantitative estimate of drug-likeness (QED) is 0.708. The highest BCUT2D eigenvalue weighted by molar-refractivity contribution is 5.98. The summed E-state index contributed by atoms with van der Waals surface area (Å²) in [6.07, 6.45) is 4.45. The van der Waals surface area contributed by atoms with Crippen LogP contribution in [0, 0.1) is 0 Å². The van der Waals surface area contributed by atoms with E-state index < -0.39 is 5.97 Å². The van der Waals surface area contributed by atoms with Gasteiger partial charge in [0.1, 0.15) is 0 Å². The Bertz CT molecular complexity index is 1050. The number of aliphatic hydroxyl groups excluding tert-OH is 1. The number of nitrogens with zero attached hydrogens (tertiary/aromatic N) is 4. The summed E-state index contributed by atoms with van der Waals surface area (Å²) < 4.78 is 1.79. The average molecular weight is 392 g/mol. The summed E-state index contributed by atoms with van der Waals surface area (Å²) in [5, 5.41) is 25.5. The molecule has 0 bridgehead atoms. The van der Waals surface area contributed by atoms with Gasteiger partial charge in [-0.3, -0.25) is 0 Å². The van der Waals surface area contributed by atoms with E-state index in [-0.39, 0.29) is 11.8 Å². The summed E-state index contributed by atoms with van der Waals surface area (Å²) in [7, 11) is 0. The molecule has 7 heteroatoms. The molecule has 3 heterocycles. The molecule has 0 amide bonds. The van der Waals surface area contributed by atoms with Gasteiger partial charge in [-0.2, -0.15) is 5.10 Å². The minimum atomic E-state index is -1.05. The maximum absolute atomic E-state index is 11.8. The predicted octanol–water partition coefficient (Wildman–Crippen LogP) is 3.35. The molecular weight excluding hydrogens is 368 g/mol. The molecule has 5 rings (SSSR count). The van der Waals surface area contributed by atoms with Crippen LogP contribution in [-0.2, 0) is 0 Å². The van der Waals surface area contributed by atoms with Gasteiger partial charge in [-0.25, -0.2) is 14.5 Å². The van der Waals surface area contributed by atoms with Gasteiger partial charge < -0.3 is 15.1 Å². The number of piperidine rings is 1. The van der Waals surface area contributed by atoms with Gasteiger partial charge in [0.05, 0.1) is 28.6 Å². The lowest BCUT2D eigenvalue weighted by atomic mass is 9.82. The van der Waals surface area contributed by atoms with Crippen molar-refractivity contribution in [2.75, 3.05) is 18.0 Å². The first-order chi connectivity index (χ1) is 14.1. The van der Waals surface area contributed by atoms with Crippen LogP contribution in [0.4, 0.5) is 5.69 Å². The molecule has 1 aliphatic heterocycles. The number of para-hydroxylation sites is 1. The highest BCUT2D eigenvalue weighted by atomic mass is 16.4. The molecule has 0 spiro atoms. The molecule has 2 N–H and O–H groups in total. The largest absolute Gasteiger partial charge is 0.477 e. The van der Waals surface area contributed by atoms with Crippen LogP contribution in [-0.4, -0.2) is 50.1 Å². The van der Waals surface area contributed by atoms with E-state index in [1.807, 2.05) is 30.3 Å². The van der Waals surface area contributed by atoms with Gasteiger partial charge in [-0.1, -0.05) is 24.6 Å². The van der Waals surface area contributed by atoms with Crippen molar-refractivity contribution in [3.63, 3.8) is 0 Å². The molecule has 0 radical (unpaired) electrons. The second-order valence-electron chi connectivity index (χ2n) is 8.01. The zero-order valence-electron chi connectivity index (χ0n) is 16.2. The molecule has 2 fully saturated rings. The van der Waals surface area contributed by atoms with Gasteiger partial charge in [-0.15, -0.1) is 0 Å². The minimum absolute atomic E-state index is 0.0239. The molecule has 7 nitrogen and oxygen atoms in total. The van der Waals surface area contributed by atoms with Crippen LogP contribution in [0.1, 0.15) is 54.2 Å². The SMILES string of the molecule is O=C(O)c1cc(N2CCC(O)CC2)c2c(C3CCC3)nn(-c3ccccc3)c2n1. The van der Waals surface area contributed by atoms with Crippen molar-refractivity contribution in [2.45, 2.75) is 44.1 Å². The Morgan fingerprint density at radius 2 is 1.79 bits per heavy atom. The predicted molar refractivity (Wildman–Crippen MR) is 110 cm³/mol. The van der Waals surface area contributed by atoms with Crippen LogP contribution in [0.2, 0.25) is 0 Å². The maximum Gasteiger partial charge on any atom is 0.354 e. The molecule has 2 aliphatic rings. The number of benzene rings is 1. The number of fused-ring (bicyclic) bond motifs is 1. The Morgan fingerprint density at radius 1 is 1.07 bits per heavy atom. The topological polar surface area (TPSA) is 91.5 Å². The van der Waals surface area contributed by atoms with Crippen molar-refractivity contribution >= 4 is 22.7 Å². The van der Waals surface area contributed by atoms with Crippen LogP contribution >= 0.6 is 0 Å². The molecule has 2 aromatic heterocycles. The fourth-order valence-corrected chi connectivity index (χ4v) is 4.31. The zero-order chi connectivity index (χ0) is 20.0. The highest BCUT2D eigenvalue weighted by Gasteiger charge is 2.31. The Kier molecular flexibility index (Phi) is 4.47. The summed E-state index contributed by atoms with van der Waals surface area (Å²) >= 11 is 0. The van der Waals surface area contributed by atoms with Crippen molar-refractivity contribution < 1.29 is 15.0 Å². The number of carbonyl (C=O) groups is 1. The number of pyridine rings is 1. The van der Waals surface area contributed by atoms with E-state index >= 15 is 0 Å². The van der Waals surface area contributed by atoms with Gasteiger partial charge in [0.25, 0.3) is 0 Å². The fourth-order valence-electron chi connectivity index (χ4n) is 4.31. The van der Waals surface area contributed by atoms with Crippen LogP contribution in [0.5, 0.6) is 0 Å². The van der Waals surface area contributed by atoms with Gasteiger partial charge in [0.15, 0.2) is 11.3 Å². The summed E-state index contributed by atoms with van der Waals surface area (Å²) in [6.45, 7) is 1.39. The van der Waals surface area contributed by atoms with Crippen molar-refractivity contribution in [2.24, 2.45) is 0 Å². The number of hydrogen-bond donors (Lipinski definition) is 2. The highest BCUT2D eigenvalue weighted by Crippen LogP contribution is 2.43. The first kappa shape index (κ1) is 18.1. The smallest absolute Gasteiger partial charge is 0.354 e. The Morgan fingerprint density at radius 3 is 2.41 bits per heavy atom. The first-order valence-corrected chi connectivity index (χ1v) is 10.3. The Hall–Kier alpha value is -2.93. The number of carboxylic acids is 1. The van der Waals surface area contributed by atoms with E-state index in [4.69, 9.17) is 5.10 Å². The average Bonchev–Trinajstić information content (AvgIpc) is 3.06. The van der Waals surface area contributed by atoms with E-state index in [0.717, 1.165) is 35.3 Å². The summed E-state index contributed by atoms with van der Waals surface area (Å²) in [5.74, 6) is -0.662. The van der Waals surface area contributed by atoms with E-state index in [9.17, 15) is 15.0 Å². The minimum Gasteiger partial charge on any atom is -0.477 e. The lowest BCUT2D eigenvalue weighted by molar-refractivity contribution is 0.0690. The molecular formula is C22H24N4O3. The van der Waals surface area contributed by atoms with E-state index in [1.165, 1.54) is 6.42 Å². The molecule has 150 valence electrons. The fraction of sp³-hybridized carbons (Fsp3) is 0.409.